The summed E-state index contributed by atoms with van der Waals surface area (Å²) < 4.78 is 0. The number of Topliss-reactive ketones (excluding diaryl/α,β-unsaturated/α-hetero) is 1. The van der Waals surface area contributed by atoms with Crippen LogP contribution in [0.25, 0.3) is 0 Å². The number of ketones is 1. The second-order valence-electron chi connectivity index (χ2n) is 3.88. The molecule has 4 heteroatoms. The van der Waals surface area contributed by atoms with E-state index in [4.69, 9.17) is 5.73 Å². The lowest BCUT2D eigenvalue weighted by atomic mass is 10.0. The van der Waals surface area contributed by atoms with Gasteiger partial charge in [0.15, 0.2) is 0 Å². The zero-order chi connectivity index (χ0) is 10.0. The summed E-state index contributed by atoms with van der Waals surface area (Å²) in [6.07, 6.45) is 1.96. The monoisotopic (exact) mass is 184 g/mol. The van der Waals surface area contributed by atoms with E-state index >= 15 is 0 Å². The van der Waals surface area contributed by atoms with Crippen molar-refractivity contribution in [2.75, 3.05) is 0 Å². The van der Waals surface area contributed by atoms with Gasteiger partial charge in [0.2, 0.25) is 5.78 Å². The summed E-state index contributed by atoms with van der Waals surface area (Å²) in [7, 11) is 0. The molecule has 4 nitrogen and oxygen atoms in total. The average Bonchev–Trinajstić information content (AvgIpc) is 2.85. The number of hydrogen-bond acceptors (Lipinski definition) is 3. The Hall–Kier alpha value is -0.900. The van der Waals surface area contributed by atoms with E-state index in [0.717, 1.165) is 12.8 Å². The van der Waals surface area contributed by atoms with Gasteiger partial charge in [-0.1, -0.05) is 13.8 Å². The lowest BCUT2D eigenvalue weighted by Crippen LogP contribution is -2.45. The van der Waals surface area contributed by atoms with Crippen LogP contribution >= 0.6 is 0 Å². The normalized spacial score (nSPS) is 18.5. The van der Waals surface area contributed by atoms with Crippen LogP contribution in [0.4, 0.5) is 0 Å². The van der Waals surface area contributed by atoms with Crippen LogP contribution in [0.3, 0.4) is 0 Å². The largest absolute Gasteiger partial charge is 0.347 e. The van der Waals surface area contributed by atoms with E-state index in [2.05, 4.69) is 5.32 Å². The molecule has 0 bridgehead atoms. The Bertz CT molecular complexity index is 222. The van der Waals surface area contributed by atoms with Gasteiger partial charge in [0.05, 0.1) is 6.04 Å². The van der Waals surface area contributed by atoms with Crippen LogP contribution < -0.4 is 11.1 Å². The minimum atomic E-state index is -0.668. The fourth-order valence-electron chi connectivity index (χ4n) is 0.938. The number of nitrogens with one attached hydrogen (secondary N) is 1. The van der Waals surface area contributed by atoms with E-state index in [-0.39, 0.29) is 12.0 Å². The quantitative estimate of drug-likeness (QED) is 0.595. The highest BCUT2D eigenvalue weighted by Crippen LogP contribution is 2.18. The summed E-state index contributed by atoms with van der Waals surface area (Å²) in [6, 6.07) is -0.449. The zero-order valence-corrected chi connectivity index (χ0v) is 8.04. The maximum Gasteiger partial charge on any atom is 0.289 e. The molecule has 3 N–H and O–H groups in total. The summed E-state index contributed by atoms with van der Waals surface area (Å²) in [5, 5.41) is 2.62. The predicted octanol–water partition coefficient (Wildman–Crippen LogP) is -0.183. The number of carbonyl (C=O) groups excluding carboxylic acids is 2. The van der Waals surface area contributed by atoms with Gasteiger partial charge in [0, 0.05) is 6.04 Å². The molecule has 0 radical (unpaired) electrons. The van der Waals surface area contributed by atoms with Crippen molar-refractivity contribution in [1.82, 2.24) is 5.32 Å². The molecule has 1 aliphatic carbocycles. The van der Waals surface area contributed by atoms with Gasteiger partial charge in [-0.05, 0) is 18.8 Å². The smallest absolute Gasteiger partial charge is 0.289 e. The van der Waals surface area contributed by atoms with Crippen molar-refractivity contribution in [3.8, 4) is 0 Å². The number of carbonyl (C=O) groups is 2. The first kappa shape index (κ1) is 10.2. The number of rotatable bonds is 4. The van der Waals surface area contributed by atoms with E-state index in [1.807, 2.05) is 13.8 Å². The molecule has 1 amide bonds. The highest BCUT2D eigenvalue weighted by molar-refractivity contribution is 6.38. The minimum absolute atomic E-state index is 0.0115. The second-order valence-corrected chi connectivity index (χ2v) is 3.88. The maximum absolute atomic E-state index is 11.3. The highest BCUT2D eigenvalue weighted by atomic mass is 16.2. The number of amides is 1. The Morgan fingerprint density at radius 1 is 1.38 bits per heavy atom. The van der Waals surface area contributed by atoms with Crippen molar-refractivity contribution in [2.24, 2.45) is 11.7 Å². The third kappa shape index (κ3) is 2.81. The lowest BCUT2D eigenvalue weighted by molar-refractivity contribution is -0.139. The van der Waals surface area contributed by atoms with Crippen LogP contribution in [-0.2, 0) is 9.59 Å². The lowest BCUT2D eigenvalue weighted by Gasteiger charge is -2.13. The molecule has 0 unspecified atom stereocenters. The van der Waals surface area contributed by atoms with E-state index in [0.29, 0.717) is 0 Å². The molecule has 0 aromatic carbocycles. The van der Waals surface area contributed by atoms with Gasteiger partial charge in [-0.15, -0.1) is 0 Å². The number of nitrogens with two attached hydrogens (primary N) is 1. The highest BCUT2D eigenvalue weighted by Gasteiger charge is 2.29. The topological polar surface area (TPSA) is 72.2 Å². The number of hydrogen-bond donors (Lipinski definition) is 2. The molecule has 0 heterocycles. The molecule has 0 saturated heterocycles. The van der Waals surface area contributed by atoms with Crippen molar-refractivity contribution in [3.63, 3.8) is 0 Å². The molecule has 1 saturated carbocycles. The molecular formula is C9H16N2O2. The Balaban J connectivity index is 2.40. The molecule has 74 valence electrons. The first-order valence-corrected chi connectivity index (χ1v) is 4.62. The van der Waals surface area contributed by atoms with Gasteiger partial charge >= 0.3 is 0 Å². The minimum Gasteiger partial charge on any atom is -0.347 e. The molecule has 13 heavy (non-hydrogen) atoms. The SMILES string of the molecule is CC(C)[C@H](N)C(=O)C(=O)NC1CC1. The van der Waals surface area contributed by atoms with Crippen molar-refractivity contribution in [1.29, 1.82) is 0 Å². The van der Waals surface area contributed by atoms with E-state index < -0.39 is 17.7 Å². The predicted molar refractivity (Wildman–Crippen MR) is 49.0 cm³/mol. The zero-order valence-electron chi connectivity index (χ0n) is 8.04. The van der Waals surface area contributed by atoms with Crippen molar-refractivity contribution >= 4 is 11.7 Å². The summed E-state index contributed by atoms with van der Waals surface area (Å²) in [6.45, 7) is 3.65. The molecule has 1 aliphatic rings. The molecular weight excluding hydrogens is 168 g/mol. The summed E-state index contributed by atoms with van der Waals surface area (Å²) in [5.74, 6) is -1.01. The van der Waals surface area contributed by atoms with E-state index in [9.17, 15) is 9.59 Å². The summed E-state index contributed by atoms with van der Waals surface area (Å²) >= 11 is 0. The fraction of sp³-hybridized carbons (Fsp3) is 0.778. The van der Waals surface area contributed by atoms with E-state index in [1.54, 1.807) is 0 Å². The van der Waals surface area contributed by atoms with Crippen LogP contribution in [0.2, 0.25) is 0 Å². The second kappa shape index (κ2) is 3.87. The third-order valence-corrected chi connectivity index (χ3v) is 2.16. The van der Waals surface area contributed by atoms with Crippen LogP contribution in [-0.4, -0.2) is 23.8 Å². The van der Waals surface area contributed by atoms with Gasteiger partial charge in [-0.2, -0.15) is 0 Å². The molecule has 0 aromatic rings. The Morgan fingerprint density at radius 3 is 2.31 bits per heavy atom. The average molecular weight is 184 g/mol. The van der Waals surface area contributed by atoms with E-state index in [1.165, 1.54) is 0 Å². The first-order valence-electron chi connectivity index (χ1n) is 4.62. The van der Waals surface area contributed by atoms with Crippen molar-refractivity contribution < 1.29 is 9.59 Å². The standard InChI is InChI=1S/C9H16N2O2/c1-5(2)7(10)8(12)9(13)11-6-3-4-6/h5-7H,3-4,10H2,1-2H3,(H,11,13)/t7-/m0/s1. The van der Waals surface area contributed by atoms with Gasteiger partial charge in [-0.3, -0.25) is 9.59 Å². The Morgan fingerprint density at radius 2 is 1.92 bits per heavy atom. The maximum atomic E-state index is 11.3. The first-order chi connectivity index (χ1) is 6.02. The van der Waals surface area contributed by atoms with Gasteiger partial charge in [0.1, 0.15) is 0 Å². The van der Waals surface area contributed by atoms with Gasteiger partial charge in [0.25, 0.3) is 5.91 Å². The third-order valence-electron chi connectivity index (χ3n) is 2.16. The van der Waals surface area contributed by atoms with Gasteiger partial charge < -0.3 is 11.1 Å². The molecule has 0 aromatic heterocycles. The van der Waals surface area contributed by atoms with Crippen molar-refractivity contribution in [3.05, 3.63) is 0 Å². The Labute approximate surface area is 77.9 Å². The molecule has 1 rings (SSSR count). The molecule has 0 aliphatic heterocycles. The van der Waals surface area contributed by atoms with Gasteiger partial charge in [-0.25, -0.2) is 0 Å². The van der Waals surface area contributed by atoms with Crippen LogP contribution in [0.15, 0.2) is 0 Å². The van der Waals surface area contributed by atoms with Crippen molar-refractivity contribution in [2.45, 2.75) is 38.8 Å². The molecule has 1 atom stereocenters. The summed E-state index contributed by atoms with van der Waals surface area (Å²) in [4.78, 5) is 22.5. The molecule has 0 spiro atoms. The fourth-order valence-corrected chi connectivity index (χ4v) is 0.938. The van der Waals surface area contributed by atoms with Crippen LogP contribution in [0.1, 0.15) is 26.7 Å². The van der Waals surface area contributed by atoms with Crippen LogP contribution in [0, 0.1) is 5.92 Å². The Kier molecular flexibility index (Phi) is 3.03. The van der Waals surface area contributed by atoms with Crippen LogP contribution in [0.5, 0.6) is 0 Å². The summed E-state index contributed by atoms with van der Waals surface area (Å²) in [5.41, 5.74) is 5.55. The molecule has 1 fully saturated rings.